The second-order valence-electron chi connectivity index (χ2n) is 4.27. The number of aliphatic hydroxyl groups is 1. The minimum absolute atomic E-state index is 0.316. The number of aliphatic hydroxyl groups excluding tert-OH is 1. The molecule has 0 heterocycles. The van der Waals surface area contributed by atoms with E-state index in [2.05, 4.69) is 0 Å². The molecular weight excluding hydrogens is 215 g/mol. The van der Waals surface area contributed by atoms with Crippen molar-refractivity contribution in [2.75, 3.05) is 0 Å². The highest BCUT2D eigenvalue weighted by molar-refractivity contribution is 5.36. The molecule has 2 rings (SSSR count). The number of halogens is 1. The third kappa shape index (κ3) is 2.37. The van der Waals surface area contributed by atoms with Gasteiger partial charge in [-0.1, -0.05) is 36.4 Å². The van der Waals surface area contributed by atoms with Gasteiger partial charge in [0.1, 0.15) is 11.9 Å². The Morgan fingerprint density at radius 3 is 2.35 bits per heavy atom. The number of benzene rings is 2. The smallest absolute Gasteiger partial charge is 0.129 e. The first kappa shape index (κ1) is 11.8. The Morgan fingerprint density at radius 1 is 1.00 bits per heavy atom. The number of aryl methyl sites for hydroxylation is 2. The Hall–Kier alpha value is -1.67. The van der Waals surface area contributed by atoms with Gasteiger partial charge in [-0.3, -0.25) is 0 Å². The first-order chi connectivity index (χ1) is 8.09. The molecule has 0 bridgehead atoms. The molecule has 2 aromatic rings. The van der Waals surface area contributed by atoms with Crippen molar-refractivity contribution in [1.82, 2.24) is 0 Å². The lowest BCUT2D eigenvalue weighted by molar-refractivity contribution is 0.215. The van der Waals surface area contributed by atoms with Gasteiger partial charge in [-0.15, -0.1) is 0 Å². The summed E-state index contributed by atoms with van der Waals surface area (Å²) in [4.78, 5) is 0. The van der Waals surface area contributed by atoms with Gasteiger partial charge in [0.25, 0.3) is 0 Å². The predicted octanol–water partition coefficient (Wildman–Crippen LogP) is 3.52. The van der Waals surface area contributed by atoms with Crippen molar-refractivity contribution >= 4 is 0 Å². The van der Waals surface area contributed by atoms with Gasteiger partial charge in [0, 0.05) is 5.56 Å². The fourth-order valence-electron chi connectivity index (χ4n) is 1.81. The molecule has 0 saturated heterocycles. The second-order valence-corrected chi connectivity index (χ2v) is 4.27. The average molecular weight is 230 g/mol. The van der Waals surface area contributed by atoms with Gasteiger partial charge in [-0.05, 0) is 36.6 Å². The Labute approximate surface area is 101 Å². The highest BCUT2D eigenvalue weighted by Crippen LogP contribution is 2.25. The minimum Gasteiger partial charge on any atom is -0.384 e. The van der Waals surface area contributed by atoms with Crippen molar-refractivity contribution in [1.29, 1.82) is 0 Å². The highest BCUT2D eigenvalue weighted by Gasteiger charge is 2.14. The maximum Gasteiger partial charge on any atom is 0.129 e. The van der Waals surface area contributed by atoms with Crippen LogP contribution in [0, 0.1) is 19.7 Å². The Balaban J connectivity index is 2.40. The van der Waals surface area contributed by atoms with Gasteiger partial charge < -0.3 is 5.11 Å². The lowest BCUT2D eigenvalue weighted by atomic mass is 9.98. The van der Waals surface area contributed by atoms with Crippen molar-refractivity contribution in [3.63, 3.8) is 0 Å². The summed E-state index contributed by atoms with van der Waals surface area (Å²) in [5.74, 6) is -0.377. The van der Waals surface area contributed by atoms with Crippen LogP contribution in [0.15, 0.2) is 42.5 Å². The zero-order chi connectivity index (χ0) is 12.4. The zero-order valence-corrected chi connectivity index (χ0v) is 9.94. The summed E-state index contributed by atoms with van der Waals surface area (Å²) in [7, 11) is 0. The molecule has 0 saturated carbocycles. The van der Waals surface area contributed by atoms with E-state index < -0.39 is 6.10 Å². The number of hydrogen-bond donors (Lipinski definition) is 1. The van der Waals surface area contributed by atoms with E-state index in [1.807, 2.05) is 32.0 Å². The fourth-order valence-corrected chi connectivity index (χ4v) is 1.81. The van der Waals surface area contributed by atoms with Gasteiger partial charge in [-0.25, -0.2) is 4.39 Å². The number of hydrogen-bond acceptors (Lipinski definition) is 1. The summed E-state index contributed by atoms with van der Waals surface area (Å²) in [6, 6.07) is 12.0. The topological polar surface area (TPSA) is 20.2 Å². The SMILES string of the molecule is Cc1ccc(C(O)c2ccccc2F)cc1C. The summed E-state index contributed by atoms with van der Waals surface area (Å²) in [5, 5.41) is 10.1. The van der Waals surface area contributed by atoms with E-state index in [-0.39, 0.29) is 5.82 Å². The first-order valence-electron chi connectivity index (χ1n) is 5.59. The van der Waals surface area contributed by atoms with Crippen LogP contribution in [0.3, 0.4) is 0 Å². The molecule has 17 heavy (non-hydrogen) atoms. The van der Waals surface area contributed by atoms with E-state index >= 15 is 0 Å². The average Bonchev–Trinajstić information content (AvgIpc) is 2.32. The van der Waals surface area contributed by atoms with E-state index in [0.29, 0.717) is 5.56 Å². The Morgan fingerprint density at radius 2 is 1.71 bits per heavy atom. The largest absolute Gasteiger partial charge is 0.384 e. The van der Waals surface area contributed by atoms with Crippen LogP contribution < -0.4 is 0 Å². The molecule has 2 aromatic carbocycles. The summed E-state index contributed by atoms with van der Waals surface area (Å²) in [5.41, 5.74) is 3.29. The van der Waals surface area contributed by atoms with Crippen LogP contribution in [-0.2, 0) is 0 Å². The van der Waals surface area contributed by atoms with Crippen LogP contribution >= 0.6 is 0 Å². The first-order valence-corrected chi connectivity index (χ1v) is 5.59. The standard InChI is InChI=1S/C15H15FO/c1-10-7-8-12(9-11(10)2)15(17)13-5-3-4-6-14(13)16/h3-9,15,17H,1-2H3. The van der Waals surface area contributed by atoms with Gasteiger partial charge in [-0.2, -0.15) is 0 Å². The molecule has 1 unspecified atom stereocenters. The van der Waals surface area contributed by atoms with Crippen molar-refractivity contribution in [2.45, 2.75) is 20.0 Å². The van der Waals surface area contributed by atoms with Crippen molar-refractivity contribution in [3.05, 3.63) is 70.5 Å². The maximum absolute atomic E-state index is 13.5. The minimum atomic E-state index is -0.907. The summed E-state index contributed by atoms with van der Waals surface area (Å²) in [6.45, 7) is 3.99. The molecule has 0 radical (unpaired) electrons. The molecule has 1 nitrogen and oxygen atoms in total. The Kier molecular flexibility index (Phi) is 3.25. The van der Waals surface area contributed by atoms with Crippen molar-refractivity contribution in [2.24, 2.45) is 0 Å². The van der Waals surface area contributed by atoms with Gasteiger partial charge in [0.2, 0.25) is 0 Å². The lowest BCUT2D eigenvalue weighted by Gasteiger charge is -2.13. The van der Waals surface area contributed by atoms with Crippen LogP contribution in [0.2, 0.25) is 0 Å². The van der Waals surface area contributed by atoms with E-state index in [4.69, 9.17) is 0 Å². The van der Waals surface area contributed by atoms with Crippen molar-refractivity contribution < 1.29 is 9.50 Å². The van der Waals surface area contributed by atoms with Crippen LogP contribution in [0.1, 0.15) is 28.4 Å². The summed E-state index contributed by atoms with van der Waals surface area (Å²) in [6.07, 6.45) is -0.907. The Bertz CT molecular complexity index is 534. The van der Waals surface area contributed by atoms with Gasteiger partial charge in [0.05, 0.1) is 0 Å². The zero-order valence-electron chi connectivity index (χ0n) is 9.94. The van der Waals surface area contributed by atoms with E-state index in [1.54, 1.807) is 18.2 Å². The molecule has 0 aliphatic carbocycles. The highest BCUT2D eigenvalue weighted by atomic mass is 19.1. The molecule has 0 amide bonds. The van der Waals surface area contributed by atoms with Gasteiger partial charge in [0.15, 0.2) is 0 Å². The third-order valence-corrected chi connectivity index (χ3v) is 3.05. The van der Waals surface area contributed by atoms with Crippen LogP contribution in [-0.4, -0.2) is 5.11 Å². The molecule has 1 atom stereocenters. The van der Waals surface area contributed by atoms with E-state index in [9.17, 15) is 9.50 Å². The van der Waals surface area contributed by atoms with E-state index in [0.717, 1.165) is 16.7 Å². The third-order valence-electron chi connectivity index (χ3n) is 3.05. The lowest BCUT2D eigenvalue weighted by Crippen LogP contribution is -2.03. The van der Waals surface area contributed by atoms with Crippen molar-refractivity contribution in [3.8, 4) is 0 Å². The normalized spacial score (nSPS) is 12.5. The van der Waals surface area contributed by atoms with Gasteiger partial charge >= 0.3 is 0 Å². The molecule has 0 spiro atoms. The molecule has 0 aliphatic rings. The molecule has 88 valence electrons. The van der Waals surface area contributed by atoms with E-state index in [1.165, 1.54) is 6.07 Å². The van der Waals surface area contributed by atoms with Crippen LogP contribution in [0.25, 0.3) is 0 Å². The quantitative estimate of drug-likeness (QED) is 0.836. The van der Waals surface area contributed by atoms with Crippen LogP contribution in [0.4, 0.5) is 4.39 Å². The molecular formula is C15H15FO. The second kappa shape index (κ2) is 4.68. The predicted molar refractivity (Wildman–Crippen MR) is 66.4 cm³/mol. The molecule has 0 aromatic heterocycles. The molecule has 0 fully saturated rings. The molecule has 0 aliphatic heterocycles. The monoisotopic (exact) mass is 230 g/mol. The molecule has 1 N–H and O–H groups in total. The summed E-state index contributed by atoms with van der Waals surface area (Å²) < 4.78 is 13.5. The maximum atomic E-state index is 13.5. The fraction of sp³-hybridized carbons (Fsp3) is 0.200. The summed E-state index contributed by atoms with van der Waals surface area (Å²) >= 11 is 0. The molecule has 2 heteroatoms. The van der Waals surface area contributed by atoms with Crippen LogP contribution in [0.5, 0.6) is 0 Å². The number of rotatable bonds is 2.